The molecule has 24 heavy (non-hydrogen) atoms. The smallest absolute Gasteiger partial charge is 0.317 e. The second-order valence-electron chi connectivity index (χ2n) is 5.33. The van der Waals surface area contributed by atoms with Crippen molar-refractivity contribution >= 4 is 23.3 Å². The number of piperazine rings is 1. The number of hydrogen-bond acceptors (Lipinski definition) is 5. The summed E-state index contributed by atoms with van der Waals surface area (Å²) in [4.78, 5) is 37.7. The third-order valence-electron chi connectivity index (χ3n) is 3.78. The van der Waals surface area contributed by atoms with Gasteiger partial charge in [-0.1, -0.05) is 12.1 Å². The lowest BCUT2D eigenvalue weighted by molar-refractivity contribution is -0.383. The number of rotatable bonds is 5. The van der Waals surface area contributed by atoms with Gasteiger partial charge in [-0.2, -0.15) is 0 Å². The van der Waals surface area contributed by atoms with Crippen molar-refractivity contribution in [1.82, 2.24) is 15.1 Å². The first kappa shape index (κ1) is 17.5. The van der Waals surface area contributed by atoms with Gasteiger partial charge in [0, 0.05) is 38.8 Å². The molecule has 0 aromatic heterocycles. The maximum Gasteiger partial charge on any atom is 0.317 e. The fraction of sp³-hybridized carbons (Fsp3) is 0.467. The third-order valence-corrected chi connectivity index (χ3v) is 3.78. The van der Waals surface area contributed by atoms with Crippen molar-refractivity contribution < 1.29 is 14.5 Å². The normalized spacial score (nSPS) is 14.2. The highest BCUT2D eigenvalue weighted by Crippen LogP contribution is 2.22. The molecule has 0 aliphatic carbocycles. The number of nitrogens with one attached hydrogen (secondary N) is 2. The minimum Gasteiger partial charge on any atom is -0.371 e. The summed E-state index contributed by atoms with van der Waals surface area (Å²) < 4.78 is 0. The minimum absolute atomic E-state index is 0.0218. The molecule has 0 spiro atoms. The number of para-hydroxylation sites is 2. The molecular formula is C15H21N5O4. The SMILES string of the molecule is CCNC(=O)N1CCN(C(=O)CNc2ccccc2[N+](=O)[O-])CC1. The molecule has 1 aliphatic rings. The Balaban J connectivity index is 1.84. The van der Waals surface area contributed by atoms with Crippen LogP contribution in [0.15, 0.2) is 24.3 Å². The predicted octanol–water partition coefficient (Wildman–Crippen LogP) is 0.880. The Bertz CT molecular complexity index is 614. The van der Waals surface area contributed by atoms with Gasteiger partial charge >= 0.3 is 6.03 Å². The molecule has 0 radical (unpaired) electrons. The molecule has 9 heteroatoms. The summed E-state index contributed by atoms with van der Waals surface area (Å²) in [7, 11) is 0. The first-order valence-corrected chi connectivity index (χ1v) is 7.80. The lowest BCUT2D eigenvalue weighted by Gasteiger charge is -2.34. The van der Waals surface area contributed by atoms with Gasteiger partial charge in [0.1, 0.15) is 5.69 Å². The third kappa shape index (κ3) is 4.34. The molecular weight excluding hydrogens is 314 g/mol. The van der Waals surface area contributed by atoms with Crippen LogP contribution in [0.4, 0.5) is 16.2 Å². The number of amides is 3. The van der Waals surface area contributed by atoms with Crippen LogP contribution in [0.25, 0.3) is 0 Å². The summed E-state index contributed by atoms with van der Waals surface area (Å²) in [6.45, 7) is 4.26. The molecule has 1 fully saturated rings. The molecule has 2 rings (SSSR count). The Morgan fingerprint density at radius 3 is 2.42 bits per heavy atom. The Hall–Kier alpha value is -2.84. The van der Waals surface area contributed by atoms with Crippen LogP contribution in [0.5, 0.6) is 0 Å². The fourth-order valence-electron chi connectivity index (χ4n) is 2.49. The van der Waals surface area contributed by atoms with Crippen LogP contribution < -0.4 is 10.6 Å². The largest absolute Gasteiger partial charge is 0.371 e. The maximum absolute atomic E-state index is 12.2. The van der Waals surface area contributed by atoms with Gasteiger partial charge < -0.3 is 20.4 Å². The molecule has 3 amide bonds. The number of benzene rings is 1. The van der Waals surface area contributed by atoms with Crippen molar-refractivity contribution in [2.45, 2.75) is 6.92 Å². The monoisotopic (exact) mass is 335 g/mol. The number of urea groups is 1. The van der Waals surface area contributed by atoms with E-state index in [1.54, 1.807) is 28.0 Å². The van der Waals surface area contributed by atoms with Crippen LogP contribution in [0.2, 0.25) is 0 Å². The fourth-order valence-corrected chi connectivity index (χ4v) is 2.49. The van der Waals surface area contributed by atoms with Crippen molar-refractivity contribution in [1.29, 1.82) is 0 Å². The average Bonchev–Trinajstić information content (AvgIpc) is 2.60. The highest BCUT2D eigenvalue weighted by atomic mass is 16.6. The van der Waals surface area contributed by atoms with E-state index in [1.807, 2.05) is 6.92 Å². The lowest BCUT2D eigenvalue weighted by Crippen LogP contribution is -2.54. The van der Waals surface area contributed by atoms with Crippen LogP contribution in [-0.2, 0) is 4.79 Å². The van der Waals surface area contributed by atoms with Gasteiger partial charge in [0.25, 0.3) is 5.69 Å². The molecule has 0 saturated carbocycles. The zero-order valence-electron chi connectivity index (χ0n) is 13.5. The van der Waals surface area contributed by atoms with Crippen molar-refractivity contribution in [2.75, 3.05) is 44.6 Å². The molecule has 1 heterocycles. The summed E-state index contributed by atoms with van der Waals surface area (Å²) >= 11 is 0. The van der Waals surface area contributed by atoms with Crippen LogP contribution in [0.1, 0.15) is 6.92 Å². The average molecular weight is 335 g/mol. The van der Waals surface area contributed by atoms with E-state index in [2.05, 4.69) is 10.6 Å². The van der Waals surface area contributed by atoms with Gasteiger partial charge in [-0.15, -0.1) is 0 Å². The van der Waals surface area contributed by atoms with Gasteiger partial charge in [0.05, 0.1) is 11.5 Å². The second kappa shape index (κ2) is 8.14. The highest BCUT2D eigenvalue weighted by molar-refractivity contribution is 5.82. The van der Waals surface area contributed by atoms with E-state index in [4.69, 9.17) is 0 Å². The highest BCUT2D eigenvalue weighted by Gasteiger charge is 2.24. The molecule has 1 saturated heterocycles. The van der Waals surface area contributed by atoms with Crippen molar-refractivity contribution in [3.8, 4) is 0 Å². The van der Waals surface area contributed by atoms with E-state index in [0.29, 0.717) is 38.4 Å². The zero-order chi connectivity index (χ0) is 17.5. The van der Waals surface area contributed by atoms with Gasteiger partial charge in [0.15, 0.2) is 0 Å². The van der Waals surface area contributed by atoms with Gasteiger partial charge in [-0.05, 0) is 13.0 Å². The van der Waals surface area contributed by atoms with E-state index < -0.39 is 4.92 Å². The Kier molecular flexibility index (Phi) is 5.94. The second-order valence-corrected chi connectivity index (χ2v) is 5.33. The number of carbonyl (C=O) groups is 2. The molecule has 9 nitrogen and oxygen atoms in total. The van der Waals surface area contributed by atoms with Crippen molar-refractivity contribution in [3.63, 3.8) is 0 Å². The Morgan fingerprint density at radius 2 is 1.79 bits per heavy atom. The van der Waals surface area contributed by atoms with Crippen LogP contribution >= 0.6 is 0 Å². The zero-order valence-corrected chi connectivity index (χ0v) is 13.5. The number of nitro groups is 1. The van der Waals surface area contributed by atoms with Gasteiger partial charge in [0.2, 0.25) is 5.91 Å². The van der Waals surface area contributed by atoms with Crippen LogP contribution in [0.3, 0.4) is 0 Å². The molecule has 1 aromatic carbocycles. The van der Waals surface area contributed by atoms with E-state index in [9.17, 15) is 19.7 Å². The van der Waals surface area contributed by atoms with Crippen molar-refractivity contribution in [3.05, 3.63) is 34.4 Å². The van der Waals surface area contributed by atoms with Crippen molar-refractivity contribution in [2.24, 2.45) is 0 Å². The van der Waals surface area contributed by atoms with Crippen LogP contribution in [0, 0.1) is 10.1 Å². The minimum atomic E-state index is -0.488. The molecule has 0 bridgehead atoms. The molecule has 0 atom stereocenters. The Labute approximate surface area is 139 Å². The number of hydrogen-bond donors (Lipinski definition) is 2. The summed E-state index contributed by atoms with van der Waals surface area (Å²) in [5, 5.41) is 16.5. The predicted molar refractivity (Wildman–Crippen MR) is 88.8 cm³/mol. The summed E-state index contributed by atoms with van der Waals surface area (Å²) in [6.07, 6.45) is 0. The summed E-state index contributed by atoms with van der Waals surface area (Å²) in [6, 6.07) is 6.08. The number of anilines is 1. The lowest BCUT2D eigenvalue weighted by atomic mass is 10.2. The van der Waals surface area contributed by atoms with E-state index in [1.165, 1.54) is 6.07 Å². The topological polar surface area (TPSA) is 108 Å². The van der Waals surface area contributed by atoms with E-state index in [0.717, 1.165) is 0 Å². The molecule has 2 N–H and O–H groups in total. The van der Waals surface area contributed by atoms with Crippen LogP contribution in [-0.4, -0.2) is 65.9 Å². The van der Waals surface area contributed by atoms with Gasteiger partial charge in [-0.3, -0.25) is 14.9 Å². The Morgan fingerprint density at radius 1 is 1.17 bits per heavy atom. The first-order chi connectivity index (χ1) is 11.5. The number of nitrogens with zero attached hydrogens (tertiary/aromatic N) is 3. The van der Waals surface area contributed by atoms with Gasteiger partial charge in [-0.25, -0.2) is 4.79 Å². The number of carbonyl (C=O) groups excluding carboxylic acids is 2. The summed E-state index contributed by atoms with van der Waals surface area (Å²) in [5.41, 5.74) is 0.253. The molecule has 1 aromatic rings. The molecule has 0 unspecified atom stereocenters. The quantitative estimate of drug-likeness (QED) is 0.613. The maximum atomic E-state index is 12.2. The molecule has 130 valence electrons. The van der Waals surface area contributed by atoms with E-state index >= 15 is 0 Å². The van der Waals surface area contributed by atoms with E-state index in [-0.39, 0.29) is 24.2 Å². The summed E-state index contributed by atoms with van der Waals surface area (Å²) in [5.74, 6) is -0.149. The number of nitro benzene ring substituents is 1. The molecule has 1 aliphatic heterocycles. The standard InChI is InChI=1S/C15H21N5O4/c1-2-16-15(22)19-9-7-18(8-10-19)14(21)11-17-12-5-3-4-6-13(12)20(23)24/h3-6,17H,2,7-11H2,1H3,(H,16,22). The first-order valence-electron chi connectivity index (χ1n) is 7.80.